The van der Waals surface area contributed by atoms with Gasteiger partial charge < -0.3 is 5.11 Å². The molecule has 0 radical (unpaired) electrons. The molecule has 0 atom stereocenters. The third kappa shape index (κ3) is 1.46. The summed E-state index contributed by atoms with van der Waals surface area (Å²) in [5.41, 5.74) is -1.07. The van der Waals surface area contributed by atoms with Gasteiger partial charge in [0, 0.05) is 5.56 Å². The Morgan fingerprint density at radius 1 is 1.31 bits per heavy atom. The number of fused-ring (bicyclic) bond motifs is 1. The van der Waals surface area contributed by atoms with E-state index in [1.807, 2.05) is 0 Å². The summed E-state index contributed by atoms with van der Waals surface area (Å²) in [5.74, 6) is -4.95. The van der Waals surface area contributed by atoms with Crippen molar-refractivity contribution in [3.63, 3.8) is 0 Å². The van der Waals surface area contributed by atoms with E-state index in [4.69, 9.17) is 0 Å². The molecule has 0 aliphatic carbocycles. The fourth-order valence-electron chi connectivity index (χ4n) is 1.26. The predicted molar refractivity (Wildman–Crippen MR) is 45.5 cm³/mol. The second kappa shape index (κ2) is 3.32. The first-order chi connectivity index (χ1) is 7.43. The Balaban J connectivity index is 2.62. The molecular weight excluding hydrogens is 230 g/mol. The van der Waals surface area contributed by atoms with Crippen molar-refractivity contribution < 1.29 is 22.7 Å². The fraction of sp³-hybridized carbons (Fsp3) is 0.250. The summed E-state index contributed by atoms with van der Waals surface area (Å²) in [4.78, 5) is 0. The number of hydrogen-bond donors (Lipinski definition) is 2. The molecule has 2 N–H and O–H groups in total. The van der Waals surface area contributed by atoms with E-state index in [2.05, 4.69) is 15.4 Å². The first-order valence-electron chi connectivity index (χ1n) is 4.13. The van der Waals surface area contributed by atoms with Crippen molar-refractivity contribution in [2.45, 2.75) is 12.3 Å². The molecule has 4 nitrogen and oxygen atoms in total. The second-order valence-electron chi connectivity index (χ2n) is 3.13. The molecule has 0 aliphatic heterocycles. The van der Waals surface area contributed by atoms with Crippen LogP contribution in [0.5, 0.6) is 5.75 Å². The van der Waals surface area contributed by atoms with Gasteiger partial charge in [-0.1, -0.05) is 5.21 Å². The minimum Gasteiger partial charge on any atom is -0.506 e. The lowest BCUT2D eigenvalue weighted by Gasteiger charge is -2.15. The average Bonchev–Trinajstić information content (AvgIpc) is 2.65. The van der Waals surface area contributed by atoms with E-state index < -0.39 is 23.7 Å². The van der Waals surface area contributed by atoms with E-state index >= 15 is 0 Å². The van der Waals surface area contributed by atoms with Crippen molar-refractivity contribution in [2.24, 2.45) is 0 Å². The number of nitrogens with zero attached hydrogens (tertiary/aromatic N) is 2. The van der Waals surface area contributed by atoms with Crippen LogP contribution >= 0.6 is 0 Å². The first-order valence-corrected chi connectivity index (χ1v) is 4.13. The van der Waals surface area contributed by atoms with Crippen LogP contribution in [-0.2, 0) is 5.92 Å². The van der Waals surface area contributed by atoms with Gasteiger partial charge >= 0.3 is 12.3 Å². The molecule has 0 amide bonds. The highest BCUT2D eigenvalue weighted by atomic mass is 19.3. The Bertz CT molecular complexity index is 525. The highest BCUT2D eigenvalue weighted by Crippen LogP contribution is 2.37. The van der Waals surface area contributed by atoms with Gasteiger partial charge in [-0.3, -0.25) is 5.10 Å². The maximum atomic E-state index is 13.0. The van der Waals surface area contributed by atoms with Crippen LogP contribution in [0.3, 0.4) is 0 Å². The van der Waals surface area contributed by atoms with Crippen LogP contribution in [0.1, 0.15) is 5.56 Å². The molecule has 8 heteroatoms. The maximum absolute atomic E-state index is 13.0. The molecule has 16 heavy (non-hydrogen) atoms. The summed E-state index contributed by atoms with van der Waals surface area (Å²) in [6.45, 7) is 0. The van der Waals surface area contributed by atoms with E-state index in [9.17, 15) is 22.7 Å². The third-order valence-corrected chi connectivity index (χ3v) is 2.07. The zero-order chi connectivity index (χ0) is 11.9. The van der Waals surface area contributed by atoms with Crippen molar-refractivity contribution in [3.05, 3.63) is 17.7 Å². The number of phenols is 1. The average molecular weight is 235 g/mol. The van der Waals surface area contributed by atoms with Gasteiger partial charge in [0.05, 0.1) is 5.52 Å². The van der Waals surface area contributed by atoms with Crippen LogP contribution in [0.2, 0.25) is 0 Å². The quantitative estimate of drug-likeness (QED) is 0.783. The maximum Gasteiger partial charge on any atom is 0.332 e. The minimum atomic E-state index is -4.32. The van der Waals surface area contributed by atoms with Gasteiger partial charge in [0.15, 0.2) is 5.52 Å². The molecule has 0 fully saturated rings. The number of aromatic amines is 1. The van der Waals surface area contributed by atoms with Crippen molar-refractivity contribution in [1.82, 2.24) is 15.4 Å². The van der Waals surface area contributed by atoms with E-state index in [1.165, 1.54) is 0 Å². The van der Waals surface area contributed by atoms with Gasteiger partial charge in [0.1, 0.15) is 5.75 Å². The van der Waals surface area contributed by atoms with Gasteiger partial charge in [0.2, 0.25) is 0 Å². The minimum absolute atomic E-state index is 0.0321. The van der Waals surface area contributed by atoms with Crippen molar-refractivity contribution in [3.8, 4) is 5.75 Å². The lowest BCUT2D eigenvalue weighted by Crippen LogP contribution is -2.23. The van der Waals surface area contributed by atoms with Crippen LogP contribution in [-0.4, -0.2) is 26.9 Å². The molecule has 86 valence electrons. The summed E-state index contributed by atoms with van der Waals surface area (Å²) >= 11 is 0. The molecule has 1 aromatic heterocycles. The summed E-state index contributed by atoms with van der Waals surface area (Å²) in [6, 6.07) is 1.33. The molecule has 1 heterocycles. The smallest absolute Gasteiger partial charge is 0.332 e. The van der Waals surface area contributed by atoms with Gasteiger partial charge in [-0.15, -0.1) is 5.10 Å². The zero-order valence-electron chi connectivity index (χ0n) is 7.59. The number of H-pyrrole nitrogens is 1. The summed E-state index contributed by atoms with van der Waals surface area (Å²) in [6.07, 6.45) is -3.85. The second-order valence-corrected chi connectivity index (χ2v) is 3.13. The Morgan fingerprint density at radius 3 is 2.62 bits per heavy atom. The summed E-state index contributed by atoms with van der Waals surface area (Å²) in [7, 11) is 0. The largest absolute Gasteiger partial charge is 0.506 e. The van der Waals surface area contributed by atoms with Gasteiger partial charge in [-0.25, -0.2) is 8.78 Å². The van der Waals surface area contributed by atoms with Crippen LogP contribution in [0.4, 0.5) is 17.6 Å². The summed E-state index contributed by atoms with van der Waals surface area (Å²) < 4.78 is 50.1. The highest BCUT2D eigenvalue weighted by Gasteiger charge is 2.43. The number of halogens is 4. The first kappa shape index (κ1) is 10.7. The molecule has 0 unspecified atom stereocenters. The SMILES string of the molecule is Oc1cc(C(F)(F)C(F)F)cc2[nH]nnc12. The normalized spacial score (nSPS) is 12.6. The monoisotopic (exact) mass is 235 g/mol. The number of aromatic hydroxyl groups is 1. The van der Waals surface area contributed by atoms with E-state index in [0.717, 1.165) is 6.07 Å². The van der Waals surface area contributed by atoms with Crippen LogP contribution in [0.25, 0.3) is 11.0 Å². The number of alkyl halides is 4. The van der Waals surface area contributed by atoms with Gasteiger partial charge in [-0.05, 0) is 12.1 Å². The van der Waals surface area contributed by atoms with Crippen LogP contribution in [0, 0.1) is 0 Å². The van der Waals surface area contributed by atoms with Gasteiger partial charge in [0.25, 0.3) is 0 Å². The highest BCUT2D eigenvalue weighted by molar-refractivity contribution is 5.81. The Labute approximate surface area is 85.9 Å². The molecule has 0 saturated carbocycles. The van der Waals surface area contributed by atoms with E-state index in [1.54, 1.807) is 0 Å². The Morgan fingerprint density at radius 2 is 2.00 bits per heavy atom. The molecule has 2 rings (SSSR count). The number of benzene rings is 1. The summed E-state index contributed by atoms with van der Waals surface area (Å²) in [5, 5.41) is 18.2. The third-order valence-electron chi connectivity index (χ3n) is 2.07. The Kier molecular flexibility index (Phi) is 2.21. The van der Waals surface area contributed by atoms with Gasteiger partial charge in [-0.2, -0.15) is 8.78 Å². The molecular formula is C8H5F4N3O. The fourth-order valence-corrected chi connectivity index (χ4v) is 1.26. The number of hydrogen-bond acceptors (Lipinski definition) is 3. The van der Waals surface area contributed by atoms with Crippen molar-refractivity contribution in [1.29, 1.82) is 0 Å². The topological polar surface area (TPSA) is 61.8 Å². The van der Waals surface area contributed by atoms with Crippen LogP contribution in [0.15, 0.2) is 12.1 Å². The van der Waals surface area contributed by atoms with Crippen LogP contribution < -0.4 is 0 Å². The predicted octanol–water partition coefficient (Wildman–Crippen LogP) is 2.02. The molecule has 1 aromatic carbocycles. The van der Waals surface area contributed by atoms with Crippen molar-refractivity contribution in [2.75, 3.05) is 0 Å². The molecule has 2 aromatic rings. The van der Waals surface area contributed by atoms with E-state index in [0.29, 0.717) is 6.07 Å². The molecule has 0 saturated heterocycles. The number of rotatable bonds is 2. The number of phenolic OH excluding ortho intramolecular Hbond substituents is 1. The standard InChI is InChI=1S/C8H5F4N3O/c9-7(10)8(11,12)3-1-4-6(5(16)2-3)14-15-13-4/h1-2,7,16H,(H,13,14,15). The van der Waals surface area contributed by atoms with Crippen molar-refractivity contribution >= 4 is 11.0 Å². The lowest BCUT2D eigenvalue weighted by atomic mass is 10.1. The number of aromatic nitrogens is 3. The lowest BCUT2D eigenvalue weighted by molar-refractivity contribution is -0.135. The molecule has 0 aliphatic rings. The zero-order valence-corrected chi connectivity index (χ0v) is 7.59. The Hall–Kier alpha value is -1.86. The molecule has 0 bridgehead atoms. The molecule has 0 spiro atoms. The number of nitrogens with one attached hydrogen (secondary N) is 1. The van der Waals surface area contributed by atoms with E-state index in [-0.39, 0.29) is 11.0 Å².